The smallest absolute Gasteiger partial charge is 0.175 e. The molecule has 1 aromatic heterocycles. The van der Waals surface area contributed by atoms with E-state index < -0.39 is 0 Å². The number of aryl methyl sites for hydroxylation is 1. The van der Waals surface area contributed by atoms with Gasteiger partial charge in [0.05, 0.1) is 7.05 Å². The number of hydrogen-bond donors (Lipinski definition) is 1. The van der Waals surface area contributed by atoms with E-state index in [-0.39, 0.29) is 0 Å². The van der Waals surface area contributed by atoms with Crippen LogP contribution in [-0.2, 0) is 13.5 Å². The van der Waals surface area contributed by atoms with E-state index >= 15 is 0 Å². The van der Waals surface area contributed by atoms with Crippen molar-refractivity contribution in [3.8, 4) is 0 Å². The van der Waals surface area contributed by atoms with Crippen molar-refractivity contribution in [1.29, 1.82) is 0 Å². The summed E-state index contributed by atoms with van der Waals surface area (Å²) in [5.41, 5.74) is 0. The molecule has 1 N–H and O–H groups in total. The minimum atomic E-state index is 0.601. The zero-order chi connectivity index (χ0) is 12.0. The average Bonchev–Trinajstić information content (AvgIpc) is 2.59. The van der Waals surface area contributed by atoms with Gasteiger partial charge in [0.15, 0.2) is 5.82 Å². The van der Waals surface area contributed by atoms with Gasteiger partial charge in [0, 0.05) is 6.42 Å². The van der Waals surface area contributed by atoms with Crippen molar-refractivity contribution in [3.05, 3.63) is 5.82 Å². The van der Waals surface area contributed by atoms with E-state index in [0.717, 1.165) is 25.3 Å². The fourth-order valence-corrected chi connectivity index (χ4v) is 1.92. The molecular weight excluding hydrogens is 202 g/mol. The molecule has 92 valence electrons. The van der Waals surface area contributed by atoms with Gasteiger partial charge in [-0.2, -0.15) is 4.80 Å². The number of aromatic nitrogens is 4. The molecule has 0 aromatic carbocycles. The van der Waals surface area contributed by atoms with Gasteiger partial charge in [0.1, 0.15) is 0 Å². The fourth-order valence-electron chi connectivity index (χ4n) is 1.92. The zero-order valence-electron chi connectivity index (χ0n) is 10.8. The molecule has 0 aliphatic heterocycles. The summed E-state index contributed by atoms with van der Waals surface area (Å²) in [4.78, 5) is 1.52. The summed E-state index contributed by atoms with van der Waals surface area (Å²) in [6.07, 6.45) is 2.12. The normalized spacial score (nSPS) is 13.3. The monoisotopic (exact) mass is 225 g/mol. The van der Waals surface area contributed by atoms with E-state index in [0.29, 0.717) is 11.8 Å². The van der Waals surface area contributed by atoms with Crippen LogP contribution in [0, 0.1) is 11.8 Å². The molecule has 16 heavy (non-hydrogen) atoms. The Balaban J connectivity index is 2.48. The van der Waals surface area contributed by atoms with Crippen molar-refractivity contribution >= 4 is 0 Å². The Bertz CT molecular complexity index is 294. The Morgan fingerprint density at radius 2 is 2.12 bits per heavy atom. The summed E-state index contributed by atoms with van der Waals surface area (Å²) in [5.74, 6) is 2.16. The van der Waals surface area contributed by atoms with Crippen molar-refractivity contribution in [2.75, 3.05) is 13.1 Å². The summed E-state index contributed by atoms with van der Waals surface area (Å²) < 4.78 is 0. The van der Waals surface area contributed by atoms with E-state index in [1.54, 1.807) is 7.05 Å². The van der Waals surface area contributed by atoms with Crippen molar-refractivity contribution in [2.24, 2.45) is 18.9 Å². The average molecular weight is 225 g/mol. The highest BCUT2D eigenvalue weighted by Crippen LogP contribution is 2.14. The molecule has 5 heteroatoms. The minimum Gasteiger partial charge on any atom is -0.317 e. The zero-order valence-corrected chi connectivity index (χ0v) is 10.8. The lowest BCUT2D eigenvalue weighted by Crippen LogP contribution is -2.25. The van der Waals surface area contributed by atoms with Gasteiger partial charge in [-0.15, -0.1) is 10.2 Å². The molecule has 1 heterocycles. The predicted octanol–water partition coefficient (Wildman–Crippen LogP) is 1.02. The van der Waals surface area contributed by atoms with Crippen molar-refractivity contribution < 1.29 is 0 Å². The Labute approximate surface area is 97.6 Å². The molecule has 0 spiro atoms. The molecule has 0 aliphatic carbocycles. The summed E-state index contributed by atoms with van der Waals surface area (Å²) in [5, 5.41) is 15.5. The molecule has 5 nitrogen and oxygen atoms in total. The highest BCUT2D eigenvalue weighted by atomic mass is 15.6. The lowest BCUT2D eigenvalue weighted by atomic mass is 9.94. The second-order valence-corrected chi connectivity index (χ2v) is 4.70. The Kier molecular flexibility index (Phi) is 5.38. The Hall–Kier alpha value is -0.970. The van der Waals surface area contributed by atoms with Gasteiger partial charge >= 0.3 is 0 Å². The third-order valence-corrected chi connectivity index (χ3v) is 2.51. The molecule has 0 bridgehead atoms. The molecule has 0 saturated carbocycles. The van der Waals surface area contributed by atoms with Crippen LogP contribution in [0.1, 0.15) is 33.0 Å². The van der Waals surface area contributed by atoms with Gasteiger partial charge in [0.2, 0.25) is 0 Å². The molecule has 0 amide bonds. The third-order valence-electron chi connectivity index (χ3n) is 2.51. The molecule has 0 radical (unpaired) electrons. The molecule has 1 unspecified atom stereocenters. The topological polar surface area (TPSA) is 55.6 Å². The van der Waals surface area contributed by atoms with E-state index in [4.69, 9.17) is 0 Å². The second kappa shape index (κ2) is 6.58. The highest BCUT2D eigenvalue weighted by molar-refractivity contribution is 4.82. The number of hydrogen-bond acceptors (Lipinski definition) is 4. The largest absolute Gasteiger partial charge is 0.317 e. The maximum absolute atomic E-state index is 4.23. The predicted molar refractivity (Wildman–Crippen MR) is 64.0 cm³/mol. The van der Waals surface area contributed by atoms with Gasteiger partial charge in [0.25, 0.3) is 0 Å². The number of nitrogens with one attached hydrogen (secondary N) is 1. The standard InChI is InChI=1S/C11H23N5/c1-5-12-8-10(6-9(2)3)7-11-13-15-16(4)14-11/h9-10,12H,5-8H2,1-4H3. The van der Waals surface area contributed by atoms with Crippen molar-refractivity contribution in [2.45, 2.75) is 33.6 Å². The maximum Gasteiger partial charge on any atom is 0.175 e. The van der Waals surface area contributed by atoms with E-state index in [1.165, 1.54) is 11.2 Å². The fraction of sp³-hybridized carbons (Fsp3) is 0.909. The lowest BCUT2D eigenvalue weighted by molar-refractivity contribution is 0.382. The van der Waals surface area contributed by atoms with Crippen LogP contribution < -0.4 is 5.32 Å². The summed E-state index contributed by atoms with van der Waals surface area (Å²) in [6.45, 7) is 8.69. The van der Waals surface area contributed by atoms with Gasteiger partial charge < -0.3 is 5.32 Å². The van der Waals surface area contributed by atoms with Crippen LogP contribution in [0.25, 0.3) is 0 Å². The molecule has 1 rings (SSSR count). The van der Waals surface area contributed by atoms with Crippen molar-refractivity contribution in [1.82, 2.24) is 25.5 Å². The Morgan fingerprint density at radius 3 is 2.62 bits per heavy atom. The summed E-state index contributed by atoms with van der Waals surface area (Å²) in [6, 6.07) is 0. The molecule has 0 aliphatic rings. The first-order valence-corrected chi connectivity index (χ1v) is 6.05. The first-order valence-electron chi connectivity index (χ1n) is 6.05. The Morgan fingerprint density at radius 1 is 1.38 bits per heavy atom. The molecule has 1 aromatic rings. The third kappa shape index (κ3) is 4.70. The van der Waals surface area contributed by atoms with E-state index in [9.17, 15) is 0 Å². The molecule has 1 atom stereocenters. The number of nitrogens with zero attached hydrogens (tertiary/aromatic N) is 4. The molecule has 0 saturated heterocycles. The van der Waals surface area contributed by atoms with Gasteiger partial charge in [-0.3, -0.25) is 0 Å². The van der Waals surface area contributed by atoms with Crippen molar-refractivity contribution in [3.63, 3.8) is 0 Å². The van der Waals surface area contributed by atoms with Gasteiger partial charge in [-0.05, 0) is 36.6 Å². The van der Waals surface area contributed by atoms with Crippen LogP contribution in [0.5, 0.6) is 0 Å². The number of rotatable bonds is 7. The SMILES string of the molecule is CCNCC(Cc1nnn(C)n1)CC(C)C. The van der Waals surface area contributed by atoms with Crippen LogP contribution in [0.15, 0.2) is 0 Å². The first kappa shape index (κ1) is 13.1. The van der Waals surface area contributed by atoms with E-state index in [1.807, 2.05) is 0 Å². The molecular formula is C11H23N5. The second-order valence-electron chi connectivity index (χ2n) is 4.70. The maximum atomic E-state index is 4.23. The summed E-state index contributed by atoms with van der Waals surface area (Å²) in [7, 11) is 1.80. The van der Waals surface area contributed by atoms with Crippen LogP contribution in [0.3, 0.4) is 0 Å². The highest BCUT2D eigenvalue weighted by Gasteiger charge is 2.14. The van der Waals surface area contributed by atoms with Gasteiger partial charge in [-0.1, -0.05) is 20.8 Å². The van der Waals surface area contributed by atoms with Crippen LogP contribution >= 0.6 is 0 Å². The van der Waals surface area contributed by atoms with E-state index in [2.05, 4.69) is 41.5 Å². The summed E-state index contributed by atoms with van der Waals surface area (Å²) >= 11 is 0. The number of tetrazole rings is 1. The van der Waals surface area contributed by atoms with Crippen LogP contribution in [0.2, 0.25) is 0 Å². The van der Waals surface area contributed by atoms with Gasteiger partial charge in [-0.25, -0.2) is 0 Å². The van der Waals surface area contributed by atoms with Crippen LogP contribution in [-0.4, -0.2) is 33.3 Å². The first-order chi connectivity index (χ1) is 7.61. The molecule has 0 fully saturated rings. The van der Waals surface area contributed by atoms with Crippen LogP contribution in [0.4, 0.5) is 0 Å². The minimum absolute atomic E-state index is 0.601. The lowest BCUT2D eigenvalue weighted by Gasteiger charge is -2.17. The quantitative estimate of drug-likeness (QED) is 0.753.